The van der Waals surface area contributed by atoms with Gasteiger partial charge in [-0.15, -0.1) is 0 Å². The van der Waals surface area contributed by atoms with Crippen molar-refractivity contribution in [2.75, 3.05) is 40.3 Å². The average molecular weight is 501 g/mol. The number of piperazine rings is 1. The number of aromatic nitrogens is 1. The molecule has 0 radical (unpaired) electrons. The Morgan fingerprint density at radius 1 is 1.08 bits per heavy atom. The molecule has 6 rings (SSSR count). The summed E-state index contributed by atoms with van der Waals surface area (Å²) in [6.45, 7) is 6.28. The van der Waals surface area contributed by atoms with E-state index in [0.717, 1.165) is 85.4 Å². The SMILES string of the molecule is COc1cc(C2(NC(=O)c3cc(O[C@H]4CC[C@@H]5CN(C)CCN5C4)ccc3C)CC2)c2cccnc2c1. The Bertz CT molecular complexity index is 1320. The number of likely N-dealkylation sites (N-methyl/N-ethyl adjacent to an activating group) is 1. The smallest absolute Gasteiger partial charge is 0.252 e. The molecule has 1 N–H and O–H groups in total. The minimum atomic E-state index is -0.407. The van der Waals surface area contributed by atoms with E-state index >= 15 is 0 Å². The second-order valence-electron chi connectivity index (χ2n) is 11.0. The van der Waals surface area contributed by atoms with Gasteiger partial charge in [0, 0.05) is 55.4 Å². The quantitative estimate of drug-likeness (QED) is 0.549. The van der Waals surface area contributed by atoms with Crippen molar-refractivity contribution >= 4 is 16.8 Å². The molecule has 0 spiro atoms. The fourth-order valence-electron chi connectivity index (χ4n) is 6.04. The molecule has 2 atom stereocenters. The number of pyridine rings is 1. The van der Waals surface area contributed by atoms with Gasteiger partial charge in [-0.25, -0.2) is 0 Å². The number of nitrogens with one attached hydrogen (secondary N) is 1. The molecule has 194 valence electrons. The Labute approximate surface area is 218 Å². The van der Waals surface area contributed by atoms with Crippen molar-refractivity contribution < 1.29 is 14.3 Å². The second-order valence-corrected chi connectivity index (χ2v) is 11.0. The number of amides is 1. The zero-order chi connectivity index (χ0) is 25.6. The first-order valence-electron chi connectivity index (χ1n) is 13.4. The molecule has 7 nitrogen and oxygen atoms in total. The molecule has 2 aliphatic heterocycles. The highest BCUT2D eigenvalue weighted by Gasteiger charge is 2.47. The van der Waals surface area contributed by atoms with Gasteiger partial charge in [0.25, 0.3) is 5.91 Å². The minimum Gasteiger partial charge on any atom is -0.497 e. The number of piperidine rings is 1. The summed E-state index contributed by atoms with van der Waals surface area (Å²) < 4.78 is 12.0. The first-order valence-corrected chi connectivity index (χ1v) is 13.4. The number of methoxy groups -OCH3 is 1. The lowest BCUT2D eigenvalue weighted by atomic mass is 9.97. The molecule has 2 aromatic carbocycles. The van der Waals surface area contributed by atoms with E-state index in [2.05, 4.69) is 33.2 Å². The van der Waals surface area contributed by atoms with Gasteiger partial charge in [0.15, 0.2) is 0 Å². The van der Waals surface area contributed by atoms with Gasteiger partial charge in [0.05, 0.1) is 18.2 Å². The Morgan fingerprint density at radius 3 is 2.76 bits per heavy atom. The summed E-state index contributed by atoms with van der Waals surface area (Å²) >= 11 is 0. The summed E-state index contributed by atoms with van der Waals surface area (Å²) in [6.07, 6.45) is 5.92. The Balaban J connectivity index is 1.20. The Morgan fingerprint density at radius 2 is 1.95 bits per heavy atom. The molecule has 3 fully saturated rings. The van der Waals surface area contributed by atoms with Gasteiger partial charge in [0.2, 0.25) is 0 Å². The normalized spacial score (nSPS) is 23.3. The van der Waals surface area contributed by atoms with E-state index in [9.17, 15) is 4.79 Å². The predicted molar refractivity (Wildman–Crippen MR) is 144 cm³/mol. The van der Waals surface area contributed by atoms with E-state index in [1.165, 1.54) is 0 Å². The summed E-state index contributed by atoms with van der Waals surface area (Å²) in [5.74, 6) is 1.46. The Hall–Kier alpha value is -3.16. The number of fused-ring (bicyclic) bond motifs is 2. The van der Waals surface area contributed by atoms with Gasteiger partial charge in [-0.2, -0.15) is 0 Å². The van der Waals surface area contributed by atoms with Crippen LogP contribution in [0.2, 0.25) is 0 Å². The van der Waals surface area contributed by atoms with Crippen LogP contribution in [-0.4, -0.2) is 73.2 Å². The second kappa shape index (κ2) is 9.62. The van der Waals surface area contributed by atoms with Crippen LogP contribution in [0.25, 0.3) is 10.9 Å². The van der Waals surface area contributed by atoms with Crippen LogP contribution in [0.5, 0.6) is 11.5 Å². The third-order valence-electron chi connectivity index (χ3n) is 8.37. The van der Waals surface area contributed by atoms with Gasteiger partial charge in [-0.1, -0.05) is 12.1 Å². The van der Waals surface area contributed by atoms with Crippen LogP contribution in [0, 0.1) is 6.92 Å². The molecule has 1 amide bonds. The largest absolute Gasteiger partial charge is 0.497 e. The third kappa shape index (κ3) is 4.78. The number of rotatable bonds is 6. The maximum Gasteiger partial charge on any atom is 0.252 e. The van der Waals surface area contributed by atoms with E-state index in [-0.39, 0.29) is 12.0 Å². The molecule has 1 aliphatic carbocycles. The summed E-state index contributed by atoms with van der Waals surface area (Å²) in [6, 6.07) is 14.5. The van der Waals surface area contributed by atoms with Gasteiger partial charge in [0.1, 0.15) is 17.6 Å². The summed E-state index contributed by atoms with van der Waals surface area (Å²) in [4.78, 5) is 23.1. The van der Waals surface area contributed by atoms with Crippen LogP contribution in [0.3, 0.4) is 0 Å². The molecular formula is C30H36N4O3. The molecule has 3 heterocycles. The van der Waals surface area contributed by atoms with E-state index in [0.29, 0.717) is 11.6 Å². The number of hydrogen-bond donors (Lipinski definition) is 1. The van der Waals surface area contributed by atoms with Crippen LogP contribution < -0.4 is 14.8 Å². The zero-order valence-electron chi connectivity index (χ0n) is 22.0. The summed E-state index contributed by atoms with van der Waals surface area (Å²) in [5.41, 5.74) is 3.15. The molecule has 0 bridgehead atoms. The van der Waals surface area contributed by atoms with Crippen LogP contribution in [0.1, 0.15) is 47.2 Å². The van der Waals surface area contributed by atoms with Gasteiger partial charge >= 0.3 is 0 Å². The van der Waals surface area contributed by atoms with Crippen molar-refractivity contribution in [3.8, 4) is 11.5 Å². The summed E-state index contributed by atoms with van der Waals surface area (Å²) in [7, 11) is 3.87. The number of hydrogen-bond acceptors (Lipinski definition) is 6. The van der Waals surface area contributed by atoms with Gasteiger partial charge in [-0.3, -0.25) is 14.7 Å². The first-order chi connectivity index (χ1) is 17.9. The number of aryl methyl sites for hydroxylation is 1. The van der Waals surface area contributed by atoms with E-state index in [1.54, 1.807) is 13.3 Å². The van der Waals surface area contributed by atoms with E-state index in [1.807, 2.05) is 43.3 Å². The maximum absolute atomic E-state index is 13.6. The van der Waals surface area contributed by atoms with E-state index in [4.69, 9.17) is 9.47 Å². The molecule has 1 aromatic heterocycles. The number of ether oxygens (including phenoxy) is 2. The highest BCUT2D eigenvalue weighted by molar-refractivity contribution is 5.97. The van der Waals surface area contributed by atoms with Gasteiger partial charge < -0.3 is 19.7 Å². The van der Waals surface area contributed by atoms with Crippen molar-refractivity contribution in [1.82, 2.24) is 20.1 Å². The van der Waals surface area contributed by atoms with Crippen molar-refractivity contribution in [3.63, 3.8) is 0 Å². The number of nitrogens with zero attached hydrogens (tertiary/aromatic N) is 3. The predicted octanol–water partition coefficient (Wildman–Crippen LogP) is 4.13. The fraction of sp³-hybridized carbons (Fsp3) is 0.467. The molecule has 3 aromatic rings. The topological polar surface area (TPSA) is 66.9 Å². The summed E-state index contributed by atoms with van der Waals surface area (Å²) in [5, 5.41) is 4.42. The maximum atomic E-state index is 13.6. The third-order valence-corrected chi connectivity index (χ3v) is 8.37. The van der Waals surface area contributed by atoms with Crippen LogP contribution >= 0.6 is 0 Å². The monoisotopic (exact) mass is 500 g/mol. The van der Waals surface area contributed by atoms with Gasteiger partial charge in [-0.05, 0) is 75.0 Å². The number of benzene rings is 2. The molecule has 0 unspecified atom stereocenters. The van der Waals surface area contributed by atoms with Crippen LogP contribution in [0.4, 0.5) is 0 Å². The molecule has 1 saturated carbocycles. The molecule has 3 aliphatic rings. The van der Waals surface area contributed by atoms with Crippen molar-refractivity contribution in [1.29, 1.82) is 0 Å². The minimum absolute atomic E-state index is 0.0666. The van der Waals surface area contributed by atoms with Crippen LogP contribution in [-0.2, 0) is 5.54 Å². The van der Waals surface area contributed by atoms with E-state index < -0.39 is 5.54 Å². The Kier molecular flexibility index (Phi) is 6.29. The van der Waals surface area contributed by atoms with Crippen molar-refractivity contribution in [3.05, 3.63) is 65.4 Å². The number of carbonyl (C=O) groups excluding carboxylic acids is 1. The molecule has 37 heavy (non-hydrogen) atoms. The van der Waals surface area contributed by atoms with Crippen molar-refractivity contribution in [2.45, 2.75) is 50.3 Å². The lowest BCUT2D eigenvalue weighted by Gasteiger charge is -2.45. The highest BCUT2D eigenvalue weighted by atomic mass is 16.5. The standard InChI is InChI=1S/C30H36N4O3/c1-20-6-8-22(37-23-9-7-21-18-33(2)13-14-34(21)19-23)15-26(20)29(35)32-30(10-11-30)27-16-24(36-3)17-28-25(27)5-4-12-31-28/h4-6,8,12,15-17,21,23H,7,9-11,13-14,18-19H2,1-3H3,(H,32,35)/t21-,23+/m1/s1. The molecule has 7 heteroatoms. The lowest BCUT2D eigenvalue weighted by molar-refractivity contribution is 0.00731. The average Bonchev–Trinajstić information content (AvgIpc) is 3.69. The first kappa shape index (κ1) is 24.2. The number of carbonyl (C=O) groups is 1. The zero-order valence-corrected chi connectivity index (χ0v) is 22.0. The van der Waals surface area contributed by atoms with Crippen molar-refractivity contribution in [2.24, 2.45) is 0 Å². The molecule has 2 saturated heterocycles. The van der Waals surface area contributed by atoms with Crippen LogP contribution in [0.15, 0.2) is 48.7 Å². The lowest BCUT2D eigenvalue weighted by Crippen LogP contribution is -2.57. The highest BCUT2D eigenvalue weighted by Crippen LogP contribution is 2.49. The fourth-order valence-corrected chi connectivity index (χ4v) is 6.04. The molecular weight excluding hydrogens is 464 g/mol.